The van der Waals surface area contributed by atoms with Gasteiger partial charge in [-0.3, -0.25) is 0 Å². The molecule has 0 saturated heterocycles. The number of methoxy groups -OCH3 is 4. The van der Waals surface area contributed by atoms with E-state index >= 15 is 0 Å². The van der Waals surface area contributed by atoms with Crippen LogP contribution in [0.3, 0.4) is 0 Å². The van der Waals surface area contributed by atoms with E-state index in [2.05, 4.69) is 37.4 Å². The second kappa shape index (κ2) is 9.57. The fourth-order valence-electron chi connectivity index (χ4n) is 2.10. The summed E-state index contributed by atoms with van der Waals surface area (Å²) in [7, 11) is 6.86. The standard InChI is InChI=1S/C16H18I2O4Te2/c1-19-11-7-5-8-12(20-2)15(11)23-24(17,18)16-13(21-3)9-6-10-14(16)22-4/h5-10H,1-4H3. The van der Waals surface area contributed by atoms with Crippen molar-refractivity contribution in [1.82, 2.24) is 0 Å². The molecule has 2 aromatic carbocycles. The van der Waals surface area contributed by atoms with Crippen molar-refractivity contribution in [1.29, 1.82) is 0 Å². The second-order valence-electron chi connectivity index (χ2n) is 4.49. The molecule has 0 heterocycles. The predicted octanol–water partition coefficient (Wildman–Crippen LogP) is 2.77. The van der Waals surface area contributed by atoms with E-state index in [1.54, 1.807) is 28.4 Å². The predicted molar refractivity (Wildman–Crippen MR) is 118 cm³/mol. The van der Waals surface area contributed by atoms with Crippen LogP contribution < -0.4 is 26.2 Å². The minimum atomic E-state index is -2.51. The van der Waals surface area contributed by atoms with Gasteiger partial charge in [0.2, 0.25) is 0 Å². The zero-order chi connectivity index (χ0) is 17.7. The van der Waals surface area contributed by atoms with Crippen molar-refractivity contribution in [2.45, 2.75) is 0 Å². The summed E-state index contributed by atoms with van der Waals surface area (Å²) in [6, 6.07) is 12.0. The molecule has 0 saturated carbocycles. The van der Waals surface area contributed by atoms with Gasteiger partial charge in [0.15, 0.2) is 0 Å². The van der Waals surface area contributed by atoms with Crippen LogP contribution in [-0.4, -0.2) is 51.9 Å². The number of benzene rings is 2. The Morgan fingerprint density at radius 3 is 1.46 bits per heavy atom. The third-order valence-corrected chi connectivity index (χ3v) is 40.4. The quantitative estimate of drug-likeness (QED) is 0.320. The Kier molecular flexibility index (Phi) is 8.37. The SMILES string of the molecule is COc1cccc(OC)c1[Te][Te](I)(I)c1c(OC)cccc1OC. The molecular formula is C16H18I2O4Te2. The average molecular weight is 783 g/mol. The van der Waals surface area contributed by atoms with Crippen LogP contribution >= 0.6 is 37.4 Å². The van der Waals surface area contributed by atoms with Gasteiger partial charge < -0.3 is 0 Å². The van der Waals surface area contributed by atoms with E-state index in [1.807, 2.05) is 36.4 Å². The third-order valence-electron chi connectivity index (χ3n) is 3.19. The number of hydrogen-bond donors (Lipinski definition) is 0. The molecule has 0 aliphatic heterocycles. The van der Waals surface area contributed by atoms with Gasteiger partial charge in [-0.05, 0) is 0 Å². The summed E-state index contributed by atoms with van der Waals surface area (Å²) in [5, 5.41) is 0. The molecule has 8 heteroatoms. The van der Waals surface area contributed by atoms with Gasteiger partial charge in [0, 0.05) is 0 Å². The summed E-state index contributed by atoms with van der Waals surface area (Å²) in [5.41, 5.74) is 0. The molecule has 0 N–H and O–H groups in total. The fourth-order valence-corrected chi connectivity index (χ4v) is 40.4. The summed E-state index contributed by atoms with van der Waals surface area (Å²) < 4.78 is 25.0. The second-order valence-corrected chi connectivity index (χ2v) is 76.4. The minimum absolute atomic E-state index is 0.570. The molecule has 0 amide bonds. The Hall–Kier alpha value is 0.679. The normalized spacial score (nSPS) is 11.8. The van der Waals surface area contributed by atoms with Gasteiger partial charge in [-0.1, -0.05) is 0 Å². The molecule has 24 heavy (non-hydrogen) atoms. The van der Waals surface area contributed by atoms with Crippen LogP contribution in [0.5, 0.6) is 23.0 Å². The summed E-state index contributed by atoms with van der Waals surface area (Å²) in [6.07, 6.45) is -2.51. The van der Waals surface area contributed by atoms with Crippen LogP contribution in [0.1, 0.15) is 0 Å². The van der Waals surface area contributed by atoms with Gasteiger partial charge >= 0.3 is 175 Å². The van der Waals surface area contributed by atoms with E-state index in [9.17, 15) is 0 Å². The Bertz CT molecular complexity index is 666. The van der Waals surface area contributed by atoms with Crippen LogP contribution in [0.2, 0.25) is 0 Å². The van der Waals surface area contributed by atoms with Crippen LogP contribution in [0.15, 0.2) is 36.4 Å². The van der Waals surface area contributed by atoms with Gasteiger partial charge in [-0.2, -0.15) is 0 Å². The van der Waals surface area contributed by atoms with Gasteiger partial charge in [0.25, 0.3) is 0 Å². The summed E-state index contributed by atoms with van der Waals surface area (Å²) in [5.74, 6) is 3.65. The van der Waals surface area contributed by atoms with E-state index in [0.29, 0.717) is 0 Å². The number of rotatable bonds is 7. The first kappa shape index (κ1) is 21.0. The van der Waals surface area contributed by atoms with E-state index < -0.39 is 23.5 Å². The van der Waals surface area contributed by atoms with Gasteiger partial charge in [0.05, 0.1) is 0 Å². The van der Waals surface area contributed by atoms with Crippen molar-refractivity contribution in [2.24, 2.45) is 0 Å². The Labute approximate surface area is 172 Å². The van der Waals surface area contributed by atoms with Gasteiger partial charge in [-0.15, -0.1) is 0 Å². The van der Waals surface area contributed by atoms with Crippen LogP contribution in [0, 0.1) is 0 Å². The Morgan fingerprint density at radius 1 is 0.708 bits per heavy atom. The Morgan fingerprint density at radius 2 is 1.08 bits per heavy atom. The molecular weight excluding hydrogens is 765 g/mol. The first-order valence-corrected chi connectivity index (χ1v) is 30.1. The number of ether oxygens (including phenoxy) is 4. The van der Waals surface area contributed by atoms with E-state index in [0.717, 1.165) is 23.0 Å². The summed E-state index contributed by atoms with van der Waals surface area (Å²) in [6.45, 7) is 0. The first-order valence-electron chi connectivity index (χ1n) is 6.82. The van der Waals surface area contributed by atoms with Crippen molar-refractivity contribution < 1.29 is 18.9 Å². The molecule has 0 radical (unpaired) electrons. The maximum atomic E-state index is 5.64. The van der Waals surface area contributed by atoms with Crippen LogP contribution in [0.25, 0.3) is 0 Å². The molecule has 2 rings (SSSR count). The molecule has 0 atom stereocenters. The summed E-state index contributed by atoms with van der Waals surface area (Å²) >= 11 is 4.77. The van der Waals surface area contributed by atoms with Crippen molar-refractivity contribution in [3.63, 3.8) is 0 Å². The molecule has 2 aromatic rings. The molecule has 0 aliphatic rings. The van der Waals surface area contributed by atoms with Crippen molar-refractivity contribution in [2.75, 3.05) is 28.4 Å². The molecule has 0 bridgehead atoms. The van der Waals surface area contributed by atoms with Crippen molar-refractivity contribution in [3.05, 3.63) is 36.4 Å². The van der Waals surface area contributed by atoms with Gasteiger partial charge in [-0.25, -0.2) is 0 Å². The summed E-state index contributed by atoms with van der Waals surface area (Å²) in [4.78, 5) is 0. The monoisotopic (exact) mass is 788 g/mol. The fraction of sp³-hybridized carbons (Fsp3) is 0.250. The average Bonchev–Trinajstić information content (AvgIpc) is 2.60. The number of hydrogen-bond acceptors (Lipinski definition) is 4. The van der Waals surface area contributed by atoms with E-state index in [1.165, 1.54) is 7.22 Å². The maximum absolute atomic E-state index is 5.64. The molecule has 0 aliphatic carbocycles. The molecule has 132 valence electrons. The van der Waals surface area contributed by atoms with Crippen molar-refractivity contribution >= 4 is 68.1 Å². The van der Waals surface area contributed by atoms with E-state index in [4.69, 9.17) is 18.9 Å². The topological polar surface area (TPSA) is 36.9 Å². The van der Waals surface area contributed by atoms with Gasteiger partial charge in [0.1, 0.15) is 0 Å². The Balaban J connectivity index is 2.54. The van der Waals surface area contributed by atoms with E-state index in [-0.39, 0.29) is 0 Å². The zero-order valence-corrected chi connectivity index (χ0v) is 22.6. The van der Waals surface area contributed by atoms with Crippen LogP contribution in [-0.2, 0) is 0 Å². The van der Waals surface area contributed by atoms with Crippen molar-refractivity contribution in [3.8, 4) is 23.0 Å². The molecule has 4 nitrogen and oxygen atoms in total. The molecule has 0 spiro atoms. The number of halogens is 2. The van der Waals surface area contributed by atoms with Crippen LogP contribution in [0.4, 0.5) is 0 Å². The molecule has 0 aromatic heterocycles. The first-order chi connectivity index (χ1) is 11.5. The molecule has 0 fully saturated rings. The zero-order valence-electron chi connectivity index (χ0n) is 13.7. The third kappa shape index (κ3) is 4.69. The molecule has 0 unspecified atom stereocenters.